The summed E-state index contributed by atoms with van der Waals surface area (Å²) < 4.78 is 10.8. The van der Waals surface area contributed by atoms with Crippen molar-refractivity contribution in [2.75, 3.05) is 6.79 Å². The van der Waals surface area contributed by atoms with Crippen LogP contribution in [-0.2, 0) is 9.59 Å². The minimum absolute atomic E-state index is 0.0211. The van der Waals surface area contributed by atoms with Gasteiger partial charge < -0.3 is 24.5 Å². The fraction of sp³-hybridized carbons (Fsp3) is 0.280. The second kappa shape index (κ2) is 7.15. The van der Waals surface area contributed by atoms with Gasteiger partial charge >= 0.3 is 0 Å². The van der Waals surface area contributed by atoms with Crippen LogP contribution in [0.5, 0.6) is 11.5 Å². The van der Waals surface area contributed by atoms with E-state index in [4.69, 9.17) is 9.47 Å². The number of Topliss-reactive ketones (excluding diaryl/α,β-unsaturated/α-hetero) is 1. The third-order valence-electron chi connectivity index (χ3n) is 6.76. The molecule has 3 heterocycles. The Morgan fingerprint density at radius 2 is 1.81 bits per heavy atom. The number of nitrogens with one attached hydrogen (secondary N) is 1. The van der Waals surface area contributed by atoms with Gasteiger partial charge in [0.05, 0.1) is 11.6 Å². The molecular weight excluding hydrogens is 408 g/mol. The lowest BCUT2D eigenvalue weighted by atomic mass is 9.94. The van der Waals surface area contributed by atoms with E-state index in [9.17, 15) is 14.7 Å². The number of rotatable bonds is 3. The number of H-pyrrole nitrogens is 1. The van der Waals surface area contributed by atoms with Gasteiger partial charge in [0.25, 0.3) is 11.7 Å². The van der Waals surface area contributed by atoms with E-state index in [0.29, 0.717) is 17.1 Å². The SMILES string of the molecule is O=C1C(=O)N(C2CCCC2)C(c2c[nH]c3ccccc23)/C1=C(\O)c1ccc2c(c1)OCO2. The summed E-state index contributed by atoms with van der Waals surface area (Å²) in [7, 11) is 0. The minimum Gasteiger partial charge on any atom is -0.507 e. The fourth-order valence-electron chi connectivity index (χ4n) is 5.23. The van der Waals surface area contributed by atoms with E-state index in [1.54, 1.807) is 23.1 Å². The number of aromatic nitrogens is 1. The highest BCUT2D eigenvalue weighted by Crippen LogP contribution is 2.46. The predicted molar refractivity (Wildman–Crippen MR) is 117 cm³/mol. The number of para-hydroxylation sites is 1. The molecule has 2 aromatic carbocycles. The molecule has 2 N–H and O–H groups in total. The van der Waals surface area contributed by atoms with Crippen LogP contribution in [0.25, 0.3) is 16.7 Å². The average molecular weight is 430 g/mol. The second-order valence-corrected chi connectivity index (χ2v) is 8.50. The van der Waals surface area contributed by atoms with Crippen molar-refractivity contribution in [3.8, 4) is 11.5 Å². The van der Waals surface area contributed by atoms with Gasteiger partial charge in [0.2, 0.25) is 6.79 Å². The van der Waals surface area contributed by atoms with Crippen LogP contribution >= 0.6 is 0 Å². The van der Waals surface area contributed by atoms with Gasteiger partial charge in [-0.2, -0.15) is 0 Å². The van der Waals surface area contributed by atoms with Crippen LogP contribution in [0.1, 0.15) is 42.9 Å². The molecule has 1 unspecified atom stereocenters. The summed E-state index contributed by atoms with van der Waals surface area (Å²) in [6.45, 7) is 0.112. The van der Waals surface area contributed by atoms with E-state index in [0.717, 1.165) is 42.1 Å². The number of aromatic amines is 1. The number of benzene rings is 2. The number of amides is 1. The van der Waals surface area contributed by atoms with Crippen LogP contribution in [0.4, 0.5) is 0 Å². The van der Waals surface area contributed by atoms with Crippen molar-refractivity contribution in [2.24, 2.45) is 0 Å². The third kappa shape index (κ3) is 2.74. The lowest BCUT2D eigenvalue weighted by Crippen LogP contribution is -2.37. The number of fused-ring (bicyclic) bond motifs is 2. The van der Waals surface area contributed by atoms with Crippen molar-refractivity contribution >= 4 is 28.4 Å². The third-order valence-corrected chi connectivity index (χ3v) is 6.76. The van der Waals surface area contributed by atoms with Gasteiger partial charge in [0.15, 0.2) is 11.5 Å². The number of hydrogen-bond acceptors (Lipinski definition) is 5. The average Bonchev–Trinajstić information content (AvgIpc) is 3.60. The van der Waals surface area contributed by atoms with Gasteiger partial charge in [0, 0.05) is 34.3 Å². The molecule has 3 aliphatic rings. The number of likely N-dealkylation sites (tertiary alicyclic amines) is 1. The first-order valence-corrected chi connectivity index (χ1v) is 10.9. The molecular formula is C25H22N2O5. The Balaban J connectivity index is 1.55. The standard InChI is InChI=1S/C25H22N2O5/c28-23(14-9-10-19-20(11-14)32-13-31-19)21-22(17-12-26-18-8-4-3-7-16(17)18)27(25(30)24(21)29)15-5-1-2-6-15/h3-4,7-12,15,22,26,28H,1-2,5-6,13H2/b23-21+. The second-order valence-electron chi connectivity index (χ2n) is 8.50. The number of aliphatic hydroxyl groups excluding tert-OH is 1. The number of carbonyl (C=O) groups excluding carboxylic acids is 2. The molecule has 1 atom stereocenters. The van der Waals surface area contributed by atoms with E-state index >= 15 is 0 Å². The normalized spacial score (nSPS) is 22.4. The molecule has 0 bridgehead atoms. The first-order valence-electron chi connectivity index (χ1n) is 10.9. The van der Waals surface area contributed by atoms with Crippen molar-refractivity contribution in [1.82, 2.24) is 9.88 Å². The molecule has 1 aliphatic carbocycles. The molecule has 1 amide bonds. The Morgan fingerprint density at radius 1 is 1.03 bits per heavy atom. The molecule has 32 heavy (non-hydrogen) atoms. The molecule has 7 nitrogen and oxygen atoms in total. The van der Waals surface area contributed by atoms with Crippen LogP contribution in [0, 0.1) is 0 Å². The molecule has 2 aliphatic heterocycles. The van der Waals surface area contributed by atoms with Crippen molar-refractivity contribution in [3.05, 3.63) is 65.4 Å². The van der Waals surface area contributed by atoms with Crippen molar-refractivity contribution in [2.45, 2.75) is 37.8 Å². The maximum Gasteiger partial charge on any atom is 0.295 e. The van der Waals surface area contributed by atoms with E-state index in [-0.39, 0.29) is 24.2 Å². The Hall–Kier alpha value is -3.74. The minimum atomic E-state index is -0.653. The van der Waals surface area contributed by atoms with Crippen LogP contribution in [0.3, 0.4) is 0 Å². The summed E-state index contributed by atoms with van der Waals surface area (Å²) >= 11 is 0. The van der Waals surface area contributed by atoms with Crippen molar-refractivity contribution in [1.29, 1.82) is 0 Å². The topological polar surface area (TPSA) is 91.9 Å². The maximum atomic E-state index is 13.3. The number of ether oxygens (including phenoxy) is 2. The first kappa shape index (κ1) is 19.0. The van der Waals surface area contributed by atoms with E-state index in [2.05, 4.69) is 4.98 Å². The van der Waals surface area contributed by atoms with Gasteiger partial charge in [0.1, 0.15) is 5.76 Å². The Morgan fingerprint density at radius 3 is 2.66 bits per heavy atom. The molecule has 2 fully saturated rings. The van der Waals surface area contributed by atoms with Crippen LogP contribution < -0.4 is 9.47 Å². The highest BCUT2D eigenvalue weighted by molar-refractivity contribution is 6.46. The lowest BCUT2D eigenvalue weighted by Gasteiger charge is -2.30. The maximum absolute atomic E-state index is 13.3. The van der Waals surface area contributed by atoms with Crippen molar-refractivity contribution < 1.29 is 24.2 Å². The van der Waals surface area contributed by atoms with E-state index in [1.165, 1.54) is 0 Å². The molecule has 1 saturated carbocycles. The first-order chi connectivity index (χ1) is 15.6. The predicted octanol–water partition coefficient (Wildman–Crippen LogP) is 4.26. The van der Waals surface area contributed by atoms with Gasteiger partial charge in [-0.05, 0) is 37.1 Å². The molecule has 6 rings (SSSR count). The number of nitrogens with zero attached hydrogens (tertiary/aromatic N) is 1. The van der Waals surface area contributed by atoms with Gasteiger partial charge in [-0.15, -0.1) is 0 Å². The summed E-state index contributed by atoms with van der Waals surface area (Å²) in [5.41, 5.74) is 2.27. The molecule has 162 valence electrons. The van der Waals surface area contributed by atoms with Crippen LogP contribution in [0.2, 0.25) is 0 Å². The molecule has 3 aromatic rings. The summed E-state index contributed by atoms with van der Waals surface area (Å²) in [5.74, 6) is -0.307. The highest BCUT2D eigenvalue weighted by atomic mass is 16.7. The summed E-state index contributed by atoms with van der Waals surface area (Å²) in [5, 5.41) is 12.2. The van der Waals surface area contributed by atoms with E-state index < -0.39 is 17.7 Å². The van der Waals surface area contributed by atoms with Gasteiger partial charge in [-0.3, -0.25) is 9.59 Å². The molecule has 0 radical (unpaired) electrons. The zero-order valence-corrected chi connectivity index (χ0v) is 17.3. The molecule has 1 saturated heterocycles. The number of ketones is 1. The molecule has 0 spiro atoms. The number of hydrogen-bond donors (Lipinski definition) is 2. The zero-order chi connectivity index (χ0) is 21.8. The van der Waals surface area contributed by atoms with Crippen LogP contribution in [-0.4, -0.2) is 39.5 Å². The smallest absolute Gasteiger partial charge is 0.295 e. The quantitative estimate of drug-likeness (QED) is 0.368. The van der Waals surface area contributed by atoms with Gasteiger partial charge in [-0.1, -0.05) is 31.0 Å². The Kier molecular flexibility index (Phi) is 4.24. The Bertz CT molecular complexity index is 1280. The summed E-state index contributed by atoms with van der Waals surface area (Å²) in [6.07, 6.45) is 5.61. The lowest BCUT2D eigenvalue weighted by molar-refractivity contribution is -0.141. The Labute approximate surface area is 184 Å². The van der Waals surface area contributed by atoms with Gasteiger partial charge in [-0.25, -0.2) is 0 Å². The van der Waals surface area contributed by atoms with E-state index in [1.807, 2.05) is 30.5 Å². The van der Waals surface area contributed by atoms with Crippen molar-refractivity contribution in [3.63, 3.8) is 0 Å². The number of aliphatic hydroxyl groups is 1. The largest absolute Gasteiger partial charge is 0.507 e. The monoisotopic (exact) mass is 430 g/mol. The fourth-order valence-corrected chi connectivity index (χ4v) is 5.23. The highest BCUT2D eigenvalue weighted by Gasteiger charge is 2.49. The molecule has 7 heteroatoms. The summed E-state index contributed by atoms with van der Waals surface area (Å²) in [4.78, 5) is 31.5. The summed E-state index contributed by atoms with van der Waals surface area (Å²) in [6, 6.07) is 12.1. The zero-order valence-electron chi connectivity index (χ0n) is 17.3. The molecule has 1 aromatic heterocycles. The number of carbonyl (C=O) groups is 2. The van der Waals surface area contributed by atoms with Crippen LogP contribution in [0.15, 0.2) is 54.2 Å².